The fraction of sp³-hybridized carbons (Fsp3) is 0.450. The van der Waals surface area contributed by atoms with Gasteiger partial charge in [-0.1, -0.05) is 0 Å². The molecule has 134 valence electrons. The normalized spacial score (nSPS) is 18.6. The summed E-state index contributed by atoms with van der Waals surface area (Å²) in [7, 11) is 1.62. The number of aliphatic carboxylic acids is 1. The molecule has 0 spiro atoms. The van der Waals surface area contributed by atoms with Gasteiger partial charge in [0.05, 0.1) is 18.2 Å². The maximum atomic E-state index is 11.2. The summed E-state index contributed by atoms with van der Waals surface area (Å²) in [4.78, 5) is 11.2. The third-order valence-corrected chi connectivity index (χ3v) is 4.35. The molecule has 0 atom stereocenters. The molecule has 5 heteroatoms. The lowest BCUT2D eigenvalue weighted by molar-refractivity contribution is -0.136. The summed E-state index contributed by atoms with van der Waals surface area (Å²) in [5.41, 5.74) is 1.47. The summed E-state index contributed by atoms with van der Waals surface area (Å²) in [6.45, 7) is 7.85. The second-order valence-corrected chi connectivity index (χ2v) is 7.47. The minimum Gasteiger partial charge on any atom is -0.495 e. The Hall–Kier alpha value is -2.43. The first-order valence-electron chi connectivity index (χ1n) is 8.39. The molecule has 1 N–H and O–H groups in total. The number of ether oxygens (including phenoxy) is 3. The third kappa shape index (κ3) is 3.23. The van der Waals surface area contributed by atoms with Crippen molar-refractivity contribution in [2.45, 2.75) is 51.7 Å². The van der Waals surface area contributed by atoms with Crippen molar-refractivity contribution in [3.8, 4) is 17.2 Å². The first-order chi connectivity index (χ1) is 11.6. The molecule has 0 saturated carbocycles. The standard InChI is InChI=1S/C20H24O5/c1-19(2)10-8-13-16(23-5)14-9-11-20(3,4)25-18(14)12(17(13)24-19)6-7-15(21)22/h8-11H,6-7H2,1-5H3,(H,21,22). The second kappa shape index (κ2) is 5.83. The SMILES string of the molecule is COc1c2c(c(CCC(=O)O)c3c1C=CC(C)(C)O3)OC(C)(C)C=C2. The van der Waals surface area contributed by atoms with Crippen LogP contribution >= 0.6 is 0 Å². The maximum absolute atomic E-state index is 11.2. The van der Waals surface area contributed by atoms with Crippen LogP contribution in [0.2, 0.25) is 0 Å². The lowest BCUT2D eigenvalue weighted by atomic mass is 9.90. The van der Waals surface area contributed by atoms with E-state index in [4.69, 9.17) is 19.3 Å². The zero-order valence-electron chi connectivity index (χ0n) is 15.3. The highest BCUT2D eigenvalue weighted by molar-refractivity contribution is 5.82. The molecule has 0 fully saturated rings. The molecule has 0 radical (unpaired) electrons. The Kier molecular flexibility index (Phi) is 4.06. The zero-order chi connectivity index (χ0) is 18.4. The smallest absolute Gasteiger partial charge is 0.303 e. The van der Waals surface area contributed by atoms with Crippen LogP contribution in [-0.2, 0) is 11.2 Å². The first-order valence-corrected chi connectivity index (χ1v) is 8.39. The molecule has 2 heterocycles. The van der Waals surface area contributed by atoms with Crippen LogP contribution in [0, 0.1) is 0 Å². The van der Waals surface area contributed by atoms with Gasteiger partial charge in [-0.2, -0.15) is 0 Å². The molecular formula is C20H24O5. The maximum Gasteiger partial charge on any atom is 0.303 e. The first kappa shape index (κ1) is 17.4. The van der Waals surface area contributed by atoms with Crippen LogP contribution in [0.1, 0.15) is 50.8 Å². The molecule has 0 aliphatic carbocycles. The van der Waals surface area contributed by atoms with Crippen LogP contribution in [0.15, 0.2) is 12.2 Å². The van der Waals surface area contributed by atoms with E-state index in [-0.39, 0.29) is 6.42 Å². The number of carbonyl (C=O) groups is 1. The highest BCUT2D eigenvalue weighted by Gasteiger charge is 2.34. The third-order valence-electron chi connectivity index (χ3n) is 4.35. The number of rotatable bonds is 4. The number of benzene rings is 1. The Bertz CT molecular complexity index is 731. The molecular weight excluding hydrogens is 320 g/mol. The van der Waals surface area contributed by atoms with E-state index in [1.807, 2.05) is 52.0 Å². The van der Waals surface area contributed by atoms with Crippen LogP contribution < -0.4 is 14.2 Å². The zero-order valence-corrected chi connectivity index (χ0v) is 15.3. The average molecular weight is 344 g/mol. The van der Waals surface area contributed by atoms with Crippen LogP contribution in [0.5, 0.6) is 17.2 Å². The molecule has 25 heavy (non-hydrogen) atoms. The Labute approximate surface area is 147 Å². The van der Waals surface area contributed by atoms with Gasteiger partial charge in [0.1, 0.15) is 28.5 Å². The molecule has 5 nitrogen and oxygen atoms in total. The largest absolute Gasteiger partial charge is 0.495 e. The van der Waals surface area contributed by atoms with E-state index in [0.717, 1.165) is 16.7 Å². The minimum atomic E-state index is -0.852. The second-order valence-electron chi connectivity index (χ2n) is 7.47. The Balaban J connectivity index is 2.26. The van der Waals surface area contributed by atoms with Crippen molar-refractivity contribution in [2.75, 3.05) is 7.11 Å². The van der Waals surface area contributed by atoms with Gasteiger partial charge < -0.3 is 19.3 Å². The number of carboxylic acids is 1. The van der Waals surface area contributed by atoms with Crippen LogP contribution in [0.25, 0.3) is 12.2 Å². The fourth-order valence-electron chi connectivity index (χ4n) is 3.16. The molecule has 2 aliphatic heterocycles. The van der Waals surface area contributed by atoms with Crippen molar-refractivity contribution in [1.29, 1.82) is 0 Å². The molecule has 1 aromatic rings. The molecule has 0 aromatic heterocycles. The molecule has 3 rings (SSSR count). The van der Waals surface area contributed by atoms with Crippen molar-refractivity contribution < 1.29 is 24.1 Å². The van der Waals surface area contributed by atoms with Gasteiger partial charge in [0, 0.05) is 12.0 Å². The summed E-state index contributed by atoms with van der Waals surface area (Å²) >= 11 is 0. The van der Waals surface area contributed by atoms with Gasteiger partial charge in [-0.25, -0.2) is 0 Å². The summed E-state index contributed by atoms with van der Waals surface area (Å²) in [5.74, 6) is 1.13. The summed E-state index contributed by atoms with van der Waals surface area (Å²) in [6.07, 6.45) is 8.25. The van der Waals surface area contributed by atoms with Gasteiger partial charge in [-0.15, -0.1) is 0 Å². The van der Waals surface area contributed by atoms with Crippen LogP contribution in [-0.4, -0.2) is 29.4 Å². The molecule has 0 amide bonds. The Morgan fingerprint density at radius 1 is 1.04 bits per heavy atom. The van der Waals surface area contributed by atoms with E-state index in [1.54, 1.807) is 7.11 Å². The molecule has 0 unspecified atom stereocenters. The number of carboxylic acid groups (broad SMARTS) is 1. The number of hydrogen-bond acceptors (Lipinski definition) is 4. The van der Waals surface area contributed by atoms with E-state index in [1.165, 1.54) is 0 Å². The van der Waals surface area contributed by atoms with E-state index < -0.39 is 17.2 Å². The van der Waals surface area contributed by atoms with Gasteiger partial charge >= 0.3 is 5.97 Å². The number of fused-ring (bicyclic) bond motifs is 2. The fourth-order valence-corrected chi connectivity index (χ4v) is 3.16. The number of methoxy groups -OCH3 is 1. The Morgan fingerprint density at radius 3 is 1.92 bits per heavy atom. The quantitative estimate of drug-likeness (QED) is 0.891. The van der Waals surface area contributed by atoms with Gasteiger partial charge in [-0.05, 0) is 58.4 Å². The van der Waals surface area contributed by atoms with Gasteiger partial charge in [0.2, 0.25) is 0 Å². The Morgan fingerprint density at radius 2 is 1.52 bits per heavy atom. The average Bonchev–Trinajstić information content (AvgIpc) is 2.50. The molecule has 0 saturated heterocycles. The van der Waals surface area contributed by atoms with Gasteiger partial charge in [0.25, 0.3) is 0 Å². The van der Waals surface area contributed by atoms with Crippen molar-refractivity contribution in [1.82, 2.24) is 0 Å². The summed E-state index contributed by atoms with van der Waals surface area (Å²) in [6, 6.07) is 0. The topological polar surface area (TPSA) is 65.0 Å². The highest BCUT2D eigenvalue weighted by Crippen LogP contribution is 2.50. The molecule has 0 bridgehead atoms. The lowest BCUT2D eigenvalue weighted by Crippen LogP contribution is -2.31. The van der Waals surface area contributed by atoms with Crippen LogP contribution in [0.3, 0.4) is 0 Å². The van der Waals surface area contributed by atoms with Crippen molar-refractivity contribution in [2.24, 2.45) is 0 Å². The predicted molar refractivity (Wildman–Crippen MR) is 96.4 cm³/mol. The van der Waals surface area contributed by atoms with Gasteiger partial charge in [0.15, 0.2) is 0 Å². The van der Waals surface area contributed by atoms with Crippen LogP contribution in [0.4, 0.5) is 0 Å². The van der Waals surface area contributed by atoms with E-state index in [0.29, 0.717) is 23.7 Å². The molecule has 1 aromatic carbocycles. The van der Waals surface area contributed by atoms with E-state index in [9.17, 15) is 4.79 Å². The minimum absolute atomic E-state index is 0.00617. The van der Waals surface area contributed by atoms with Gasteiger partial charge in [-0.3, -0.25) is 4.79 Å². The van der Waals surface area contributed by atoms with Crippen molar-refractivity contribution in [3.05, 3.63) is 28.8 Å². The summed E-state index contributed by atoms with van der Waals surface area (Å²) < 4.78 is 18.0. The molecule has 2 aliphatic rings. The lowest BCUT2D eigenvalue weighted by Gasteiger charge is -2.35. The highest BCUT2D eigenvalue weighted by atomic mass is 16.5. The summed E-state index contributed by atoms with van der Waals surface area (Å²) in [5, 5.41) is 9.15. The monoisotopic (exact) mass is 344 g/mol. The predicted octanol–water partition coefficient (Wildman–Crippen LogP) is 4.08. The van der Waals surface area contributed by atoms with Crippen molar-refractivity contribution in [3.63, 3.8) is 0 Å². The van der Waals surface area contributed by atoms with E-state index in [2.05, 4.69) is 0 Å². The number of hydrogen-bond donors (Lipinski definition) is 1. The van der Waals surface area contributed by atoms with E-state index >= 15 is 0 Å². The van der Waals surface area contributed by atoms with Crippen molar-refractivity contribution >= 4 is 18.1 Å².